The molecule has 2 heterocycles. The van der Waals surface area contributed by atoms with E-state index in [9.17, 15) is 17.6 Å². The molecule has 0 N–H and O–H groups in total. The van der Waals surface area contributed by atoms with Crippen LogP contribution in [0.2, 0.25) is 0 Å². The van der Waals surface area contributed by atoms with Gasteiger partial charge in [-0.05, 0) is 0 Å². The predicted molar refractivity (Wildman–Crippen MR) is 43.7 cm³/mol. The summed E-state index contributed by atoms with van der Waals surface area (Å²) in [5.74, 6) is -7.47. The lowest BCUT2D eigenvalue weighted by molar-refractivity contribution is 0.400. The van der Waals surface area contributed by atoms with Crippen molar-refractivity contribution in [2.75, 3.05) is 0 Å². The average molecular weight is 243 g/mol. The Kier molecular flexibility index (Phi) is 2.47. The number of nitriles is 1. The summed E-state index contributed by atoms with van der Waals surface area (Å²) < 4.78 is 52.4. The monoisotopic (exact) mass is 243 g/mol. The third-order valence-electron chi connectivity index (χ3n) is 1.80. The number of nitrogens with zero attached hydrogens (tertiary/aromatic N) is 5. The van der Waals surface area contributed by atoms with Crippen molar-refractivity contribution in [2.45, 2.75) is 0 Å². The van der Waals surface area contributed by atoms with Gasteiger partial charge in [0.05, 0.1) is 0 Å². The Bertz CT molecular complexity index is 603. The van der Waals surface area contributed by atoms with E-state index in [1.165, 1.54) is 6.07 Å². The summed E-state index contributed by atoms with van der Waals surface area (Å²) >= 11 is 0. The smallest absolute Gasteiger partial charge is 0.213 e. The van der Waals surface area contributed by atoms with Gasteiger partial charge < -0.3 is 0 Å². The van der Waals surface area contributed by atoms with Crippen LogP contribution in [0.15, 0.2) is 6.33 Å². The molecule has 0 aromatic carbocycles. The van der Waals surface area contributed by atoms with Gasteiger partial charge in [-0.3, -0.25) is 0 Å². The van der Waals surface area contributed by atoms with Crippen molar-refractivity contribution in [3.63, 3.8) is 0 Å². The molecule has 0 bridgehead atoms. The maximum Gasteiger partial charge on any atom is 0.254 e. The molecular weight excluding hydrogens is 242 g/mol. The van der Waals surface area contributed by atoms with E-state index in [-0.39, 0.29) is 0 Å². The van der Waals surface area contributed by atoms with E-state index < -0.39 is 35.0 Å². The molecular formula is C8HF4N5. The van der Waals surface area contributed by atoms with Crippen LogP contribution in [0, 0.1) is 34.9 Å². The largest absolute Gasteiger partial charge is 0.254 e. The van der Waals surface area contributed by atoms with Gasteiger partial charge in [0.1, 0.15) is 18.1 Å². The minimum atomic E-state index is -1.81. The van der Waals surface area contributed by atoms with Crippen molar-refractivity contribution in [3.8, 4) is 11.8 Å². The van der Waals surface area contributed by atoms with E-state index >= 15 is 0 Å². The molecule has 2 aromatic rings. The normalized spacial score (nSPS) is 10.3. The van der Waals surface area contributed by atoms with Crippen LogP contribution >= 0.6 is 0 Å². The fraction of sp³-hybridized carbons (Fsp3) is 0. The highest BCUT2D eigenvalue weighted by Gasteiger charge is 2.23. The number of pyridine rings is 1. The minimum absolute atomic E-state index is 0.401. The zero-order chi connectivity index (χ0) is 12.6. The Labute approximate surface area is 91.0 Å². The lowest BCUT2D eigenvalue weighted by atomic mass is 10.3. The molecule has 0 fully saturated rings. The van der Waals surface area contributed by atoms with Crippen LogP contribution in [0.3, 0.4) is 0 Å². The van der Waals surface area contributed by atoms with Gasteiger partial charge in [-0.15, -0.1) is 5.10 Å². The molecule has 0 unspecified atom stereocenters. The molecule has 0 saturated heterocycles. The molecule has 17 heavy (non-hydrogen) atoms. The highest BCUT2D eigenvalue weighted by Crippen LogP contribution is 2.19. The average Bonchev–Trinajstić information content (AvgIpc) is 2.75. The molecule has 86 valence electrons. The third kappa shape index (κ3) is 1.69. The van der Waals surface area contributed by atoms with Crippen molar-refractivity contribution in [1.29, 1.82) is 5.26 Å². The summed E-state index contributed by atoms with van der Waals surface area (Å²) in [5, 5.41) is 11.7. The Morgan fingerprint density at radius 1 is 1.12 bits per heavy atom. The number of aromatic nitrogens is 4. The van der Waals surface area contributed by atoms with Crippen LogP contribution in [-0.4, -0.2) is 19.7 Å². The Hall–Kier alpha value is -2.50. The Balaban J connectivity index is 2.71. The molecule has 0 spiro atoms. The summed E-state index contributed by atoms with van der Waals surface area (Å²) in [6.45, 7) is 0. The first kappa shape index (κ1) is 11.0. The maximum atomic E-state index is 13.2. The van der Waals surface area contributed by atoms with Crippen molar-refractivity contribution in [3.05, 3.63) is 35.7 Å². The van der Waals surface area contributed by atoms with Gasteiger partial charge in [-0.2, -0.15) is 27.8 Å². The first-order chi connectivity index (χ1) is 8.04. The molecule has 9 heteroatoms. The lowest BCUT2D eigenvalue weighted by Crippen LogP contribution is -2.09. The fourth-order valence-corrected chi connectivity index (χ4v) is 1.10. The van der Waals surface area contributed by atoms with Crippen molar-refractivity contribution in [1.82, 2.24) is 19.7 Å². The molecule has 2 rings (SSSR count). The summed E-state index contributed by atoms with van der Waals surface area (Å²) in [6, 6.07) is 1.49. The second kappa shape index (κ2) is 3.82. The molecule has 0 saturated carbocycles. The van der Waals surface area contributed by atoms with Gasteiger partial charge >= 0.3 is 0 Å². The minimum Gasteiger partial charge on any atom is -0.213 e. The number of rotatable bonds is 1. The zero-order valence-corrected chi connectivity index (χ0v) is 7.83. The Morgan fingerprint density at radius 3 is 2.18 bits per heavy atom. The first-order valence-corrected chi connectivity index (χ1v) is 4.06. The topological polar surface area (TPSA) is 67.4 Å². The van der Waals surface area contributed by atoms with Crippen LogP contribution in [-0.2, 0) is 0 Å². The van der Waals surface area contributed by atoms with Crippen LogP contribution in [0.1, 0.15) is 5.82 Å². The van der Waals surface area contributed by atoms with Crippen LogP contribution in [0.5, 0.6) is 0 Å². The predicted octanol–water partition coefficient (Wildman–Crippen LogP) is 1.09. The van der Waals surface area contributed by atoms with Crippen molar-refractivity contribution >= 4 is 0 Å². The molecule has 2 aromatic heterocycles. The van der Waals surface area contributed by atoms with Crippen LogP contribution in [0.4, 0.5) is 17.6 Å². The lowest BCUT2D eigenvalue weighted by Gasteiger charge is -2.04. The second-order valence-electron chi connectivity index (χ2n) is 2.79. The van der Waals surface area contributed by atoms with Crippen molar-refractivity contribution < 1.29 is 17.6 Å². The van der Waals surface area contributed by atoms with E-state index in [2.05, 4.69) is 15.1 Å². The molecule has 0 amide bonds. The summed E-state index contributed by atoms with van der Waals surface area (Å²) in [7, 11) is 0. The summed E-state index contributed by atoms with van der Waals surface area (Å²) in [5.41, 5.74) is -1.12. The standard InChI is InChI=1S/C8HF4N5/c9-4-6(5(10)8(12)15-7(4)11)17-2-14-3(1-13)16-17/h2H. The van der Waals surface area contributed by atoms with Gasteiger partial charge in [-0.1, -0.05) is 0 Å². The highest BCUT2D eigenvalue weighted by molar-refractivity contribution is 5.32. The molecule has 5 nitrogen and oxygen atoms in total. The highest BCUT2D eigenvalue weighted by atomic mass is 19.2. The molecule has 0 aliphatic rings. The number of hydrogen-bond donors (Lipinski definition) is 0. The van der Waals surface area contributed by atoms with Crippen LogP contribution in [0.25, 0.3) is 5.69 Å². The van der Waals surface area contributed by atoms with Gasteiger partial charge in [0.15, 0.2) is 0 Å². The fourth-order valence-electron chi connectivity index (χ4n) is 1.10. The SMILES string of the molecule is N#Cc1ncn(-c2c(F)c(F)nc(F)c2F)n1. The van der Waals surface area contributed by atoms with Gasteiger partial charge in [0, 0.05) is 0 Å². The first-order valence-electron chi connectivity index (χ1n) is 4.06. The summed E-state index contributed by atoms with van der Waals surface area (Å²) in [6.07, 6.45) is 0.749. The molecule has 0 aliphatic heterocycles. The number of hydrogen-bond acceptors (Lipinski definition) is 4. The molecule has 0 radical (unpaired) electrons. The maximum absolute atomic E-state index is 13.2. The third-order valence-corrected chi connectivity index (χ3v) is 1.80. The molecule has 0 atom stereocenters. The van der Waals surface area contributed by atoms with E-state index in [0.29, 0.717) is 4.68 Å². The van der Waals surface area contributed by atoms with Crippen LogP contribution < -0.4 is 0 Å². The van der Waals surface area contributed by atoms with Gasteiger partial charge in [0.25, 0.3) is 17.7 Å². The second-order valence-corrected chi connectivity index (χ2v) is 2.79. The Morgan fingerprint density at radius 2 is 1.71 bits per heavy atom. The van der Waals surface area contributed by atoms with Gasteiger partial charge in [0.2, 0.25) is 11.6 Å². The van der Waals surface area contributed by atoms with E-state index in [1.807, 2.05) is 0 Å². The van der Waals surface area contributed by atoms with E-state index in [0.717, 1.165) is 6.33 Å². The van der Waals surface area contributed by atoms with Crippen molar-refractivity contribution in [2.24, 2.45) is 0 Å². The molecule has 0 aliphatic carbocycles. The van der Waals surface area contributed by atoms with E-state index in [1.54, 1.807) is 0 Å². The summed E-state index contributed by atoms with van der Waals surface area (Å²) in [4.78, 5) is 5.72. The van der Waals surface area contributed by atoms with E-state index in [4.69, 9.17) is 5.26 Å². The quantitative estimate of drug-likeness (QED) is 0.555. The van der Waals surface area contributed by atoms with Gasteiger partial charge in [-0.25, -0.2) is 9.67 Å². The number of halogens is 4. The zero-order valence-electron chi connectivity index (χ0n) is 7.83.